The van der Waals surface area contributed by atoms with Crippen LogP contribution in [0.25, 0.3) is 11.1 Å². The monoisotopic (exact) mass is 823 g/mol. The predicted molar refractivity (Wildman–Crippen MR) is 222 cm³/mol. The zero-order valence-corrected chi connectivity index (χ0v) is 35.5. The first-order chi connectivity index (χ1) is 26.8. The van der Waals surface area contributed by atoms with Gasteiger partial charge in [-0.2, -0.15) is 11.8 Å². The Morgan fingerprint density at radius 3 is 2.26 bits per heavy atom. The summed E-state index contributed by atoms with van der Waals surface area (Å²) in [5.41, 5.74) is 1.65. The molecule has 57 heavy (non-hydrogen) atoms. The molecule has 308 valence electrons. The van der Waals surface area contributed by atoms with Crippen molar-refractivity contribution in [3.63, 3.8) is 0 Å². The van der Waals surface area contributed by atoms with Crippen LogP contribution in [-0.4, -0.2) is 106 Å². The number of halogens is 2. The first-order valence-corrected chi connectivity index (χ1v) is 24.0. The van der Waals surface area contributed by atoms with Crippen LogP contribution in [0.5, 0.6) is 0 Å². The van der Waals surface area contributed by atoms with Crippen molar-refractivity contribution < 1.29 is 37.9 Å². The molecule has 3 aromatic rings. The fourth-order valence-corrected chi connectivity index (χ4v) is 8.42. The number of nitrogens with zero attached hydrogens (tertiary/aromatic N) is 4. The van der Waals surface area contributed by atoms with Gasteiger partial charge in [-0.15, -0.1) is 0 Å². The fraction of sp³-hybridized carbons (Fsp3) is 0.452. The van der Waals surface area contributed by atoms with E-state index >= 15 is 4.39 Å². The third-order valence-electron chi connectivity index (χ3n) is 9.58. The van der Waals surface area contributed by atoms with E-state index in [1.54, 1.807) is 11.1 Å². The standard InChI is InChI=1S/C42H55F2N5O6SSi/c1-42(2,3)40(35-25-31(33-26-32(43)13-14-34(33)44)28-47(35)27-30-11-8-7-9-12-30)49(20-10-19-46(41(54)55)22-24-57(4,5)6)39(53)29-56-23-17-36(50)45-18-21-48-37(51)15-16-38(48)52/h7-9,11-16,25-26,28,40H,10,17-24,27,29H2,1-6H3,(H,45,50)(H,54,55)/t40-/m0/s1. The Morgan fingerprint density at radius 1 is 0.947 bits per heavy atom. The van der Waals surface area contributed by atoms with Gasteiger partial charge in [0.2, 0.25) is 11.8 Å². The van der Waals surface area contributed by atoms with Crippen molar-refractivity contribution >= 4 is 49.6 Å². The van der Waals surface area contributed by atoms with E-state index in [0.29, 0.717) is 36.5 Å². The first-order valence-electron chi connectivity index (χ1n) is 19.2. The van der Waals surface area contributed by atoms with Crippen LogP contribution >= 0.6 is 11.8 Å². The Labute approximate surface area is 339 Å². The number of carbonyl (C=O) groups excluding carboxylic acids is 4. The lowest BCUT2D eigenvalue weighted by Crippen LogP contribution is -2.44. The van der Waals surface area contributed by atoms with Gasteiger partial charge >= 0.3 is 6.09 Å². The summed E-state index contributed by atoms with van der Waals surface area (Å²) in [6, 6.07) is 15.1. The van der Waals surface area contributed by atoms with Crippen molar-refractivity contribution in [2.75, 3.05) is 44.2 Å². The highest BCUT2D eigenvalue weighted by Gasteiger charge is 2.37. The molecule has 0 saturated carbocycles. The quantitative estimate of drug-likeness (QED) is 0.0697. The second-order valence-corrected chi connectivity index (χ2v) is 23.2. The summed E-state index contributed by atoms with van der Waals surface area (Å²) in [7, 11) is -1.54. The van der Waals surface area contributed by atoms with Crippen molar-refractivity contribution in [1.29, 1.82) is 0 Å². The number of amides is 5. The number of nitrogens with one attached hydrogen (secondary N) is 1. The number of thioether (sulfide) groups is 1. The molecule has 2 N–H and O–H groups in total. The van der Waals surface area contributed by atoms with Crippen LogP contribution in [-0.2, 0) is 25.7 Å². The fourth-order valence-electron chi connectivity index (χ4n) is 6.67. The molecule has 2 heterocycles. The predicted octanol–water partition coefficient (Wildman–Crippen LogP) is 7.27. The Morgan fingerprint density at radius 2 is 1.63 bits per heavy atom. The summed E-state index contributed by atoms with van der Waals surface area (Å²) in [4.78, 5) is 67.1. The largest absolute Gasteiger partial charge is 0.465 e. The molecule has 2 aromatic carbocycles. The molecule has 5 amide bonds. The minimum atomic E-state index is -1.54. The molecule has 0 saturated heterocycles. The van der Waals surface area contributed by atoms with E-state index in [1.165, 1.54) is 28.8 Å². The molecule has 0 fully saturated rings. The Balaban J connectivity index is 1.60. The van der Waals surface area contributed by atoms with Crippen LogP contribution in [0.1, 0.15) is 50.9 Å². The lowest BCUT2D eigenvalue weighted by molar-refractivity contribution is -0.137. The van der Waals surface area contributed by atoms with E-state index in [1.807, 2.05) is 61.7 Å². The molecule has 4 rings (SSSR count). The summed E-state index contributed by atoms with van der Waals surface area (Å²) in [5.74, 6) is -2.14. The molecule has 0 aliphatic carbocycles. The minimum Gasteiger partial charge on any atom is -0.465 e. The van der Waals surface area contributed by atoms with Gasteiger partial charge in [0, 0.05) is 94.7 Å². The normalized spacial score (nSPS) is 13.6. The summed E-state index contributed by atoms with van der Waals surface area (Å²) in [6.07, 6.45) is 3.61. The number of rotatable bonds is 20. The van der Waals surface area contributed by atoms with E-state index in [-0.39, 0.29) is 55.7 Å². The highest BCUT2D eigenvalue weighted by molar-refractivity contribution is 7.99. The Kier molecular flexibility index (Phi) is 15.8. The number of hydrogen-bond donors (Lipinski definition) is 2. The lowest BCUT2D eigenvalue weighted by Gasteiger charge is -2.41. The van der Waals surface area contributed by atoms with Gasteiger partial charge in [-0.25, -0.2) is 13.6 Å². The highest BCUT2D eigenvalue weighted by atomic mass is 32.2. The van der Waals surface area contributed by atoms with E-state index < -0.39 is 49.1 Å². The van der Waals surface area contributed by atoms with Gasteiger partial charge in [0.1, 0.15) is 11.6 Å². The summed E-state index contributed by atoms with van der Waals surface area (Å²) in [6.45, 7) is 14.0. The molecule has 0 bridgehead atoms. The second-order valence-electron chi connectivity index (χ2n) is 16.5. The van der Waals surface area contributed by atoms with Crippen molar-refractivity contribution in [3.05, 3.63) is 95.8 Å². The number of benzene rings is 2. The van der Waals surface area contributed by atoms with Crippen molar-refractivity contribution in [2.24, 2.45) is 5.41 Å². The maximum atomic E-state index is 15.2. The third-order valence-corrected chi connectivity index (χ3v) is 12.3. The molecule has 1 aromatic heterocycles. The highest BCUT2D eigenvalue weighted by Crippen LogP contribution is 2.41. The maximum absolute atomic E-state index is 15.2. The molecule has 1 atom stereocenters. The van der Waals surface area contributed by atoms with E-state index in [2.05, 4.69) is 25.0 Å². The molecule has 15 heteroatoms. The van der Waals surface area contributed by atoms with Crippen LogP contribution in [0.4, 0.5) is 13.6 Å². The van der Waals surface area contributed by atoms with Crippen molar-refractivity contribution in [2.45, 2.75) is 71.9 Å². The SMILES string of the molecule is CC(C)(C)[C@H](c1cc(-c2cc(F)ccc2F)cn1Cc1ccccc1)N(CCCN(CC[Si](C)(C)C)C(=O)O)C(=O)CSCCC(=O)NCCN1C(=O)C=CC1=O. The van der Waals surface area contributed by atoms with Gasteiger partial charge in [-0.05, 0) is 47.7 Å². The second kappa shape index (κ2) is 20.1. The minimum absolute atomic E-state index is 0.0331. The van der Waals surface area contributed by atoms with E-state index in [4.69, 9.17) is 0 Å². The molecule has 11 nitrogen and oxygen atoms in total. The van der Waals surface area contributed by atoms with Crippen LogP contribution in [0.15, 0.2) is 72.9 Å². The van der Waals surface area contributed by atoms with Gasteiger partial charge in [0.25, 0.3) is 11.8 Å². The molecule has 1 aliphatic rings. The zero-order valence-electron chi connectivity index (χ0n) is 33.7. The smallest absolute Gasteiger partial charge is 0.407 e. The Hall–Kier alpha value is -4.76. The van der Waals surface area contributed by atoms with Crippen molar-refractivity contribution in [3.8, 4) is 11.1 Å². The lowest BCUT2D eigenvalue weighted by atomic mass is 9.83. The molecule has 1 aliphatic heterocycles. The van der Waals surface area contributed by atoms with E-state index in [9.17, 15) is 33.5 Å². The summed E-state index contributed by atoms with van der Waals surface area (Å²) >= 11 is 1.29. The third kappa shape index (κ3) is 13.4. The first kappa shape index (κ1) is 44.9. The summed E-state index contributed by atoms with van der Waals surface area (Å²) < 4.78 is 31.7. The number of aromatic nitrogens is 1. The molecule has 0 spiro atoms. The number of hydrogen-bond acceptors (Lipinski definition) is 6. The van der Waals surface area contributed by atoms with E-state index in [0.717, 1.165) is 34.7 Å². The van der Waals surface area contributed by atoms with Gasteiger partial charge in [-0.3, -0.25) is 24.1 Å². The average molecular weight is 824 g/mol. The van der Waals surface area contributed by atoms with Gasteiger partial charge in [0.15, 0.2) is 0 Å². The van der Waals surface area contributed by atoms with Crippen LogP contribution in [0, 0.1) is 17.0 Å². The van der Waals surface area contributed by atoms with Gasteiger partial charge in [-0.1, -0.05) is 70.7 Å². The molecule has 0 radical (unpaired) electrons. The summed E-state index contributed by atoms with van der Waals surface area (Å²) in [5, 5.41) is 12.8. The van der Waals surface area contributed by atoms with Crippen molar-refractivity contribution in [1.82, 2.24) is 24.6 Å². The molecule has 0 unspecified atom stereocenters. The average Bonchev–Trinajstić information content (AvgIpc) is 3.68. The molecular formula is C42H55F2N5O6SSi. The molecular weight excluding hydrogens is 769 g/mol. The van der Waals surface area contributed by atoms with Crippen LogP contribution < -0.4 is 5.32 Å². The Bertz CT molecular complexity index is 1910. The number of imide groups is 1. The van der Waals surface area contributed by atoms with Gasteiger partial charge < -0.3 is 24.8 Å². The number of carbonyl (C=O) groups is 5. The number of carboxylic acid groups (broad SMARTS) is 1. The topological polar surface area (TPSA) is 132 Å². The van der Waals surface area contributed by atoms with Crippen LogP contribution in [0.2, 0.25) is 25.7 Å². The van der Waals surface area contributed by atoms with Gasteiger partial charge in [0.05, 0.1) is 11.8 Å². The maximum Gasteiger partial charge on any atom is 0.407 e. The van der Waals surface area contributed by atoms with Crippen LogP contribution in [0.3, 0.4) is 0 Å². The zero-order chi connectivity index (χ0) is 41.9.